The standard InChI is InChI=1S/C15H24N2S/c1-10-7-12(15(3,4)5)8-11(2)13(10)9-18-14(16)17-6/h7-8H,9H2,1-6H3,(H2,16,17). The molecule has 0 saturated carbocycles. The molecule has 1 aromatic carbocycles. The summed E-state index contributed by atoms with van der Waals surface area (Å²) in [6, 6.07) is 4.59. The average molecular weight is 264 g/mol. The van der Waals surface area contributed by atoms with Gasteiger partial charge in [0.25, 0.3) is 0 Å². The molecule has 0 heterocycles. The van der Waals surface area contributed by atoms with Crippen LogP contribution in [0.5, 0.6) is 0 Å². The molecule has 0 saturated heterocycles. The van der Waals surface area contributed by atoms with Crippen LogP contribution >= 0.6 is 11.8 Å². The van der Waals surface area contributed by atoms with Crippen molar-refractivity contribution in [2.24, 2.45) is 10.7 Å². The lowest BCUT2D eigenvalue weighted by molar-refractivity contribution is 0.589. The molecule has 0 bridgehead atoms. The lowest BCUT2D eigenvalue weighted by atomic mass is 9.84. The summed E-state index contributed by atoms with van der Waals surface area (Å²) in [5.41, 5.74) is 11.4. The van der Waals surface area contributed by atoms with E-state index in [1.54, 1.807) is 18.8 Å². The second-order valence-corrected chi connectivity index (χ2v) is 6.68. The normalized spacial score (nSPS) is 12.9. The van der Waals surface area contributed by atoms with E-state index in [9.17, 15) is 0 Å². The van der Waals surface area contributed by atoms with E-state index in [4.69, 9.17) is 5.73 Å². The molecule has 0 aliphatic rings. The third kappa shape index (κ3) is 3.77. The van der Waals surface area contributed by atoms with E-state index in [0.29, 0.717) is 5.17 Å². The van der Waals surface area contributed by atoms with Crippen LogP contribution in [0.1, 0.15) is 43.0 Å². The maximum absolute atomic E-state index is 5.73. The average Bonchev–Trinajstić information content (AvgIpc) is 2.26. The van der Waals surface area contributed by atoms with Crippen molar-refractivity contribution in [2.45, 2.75) is 45.8 Å². The molecule has 1 rings (SSSR count). The molecule has 18 heavy (non-hydrogen) atoms. The van der Waals surface area contributed by atoms with E-state index in [2.05, 4.69) is 51.7 Å². The van der Waals surface area contributed by atoms with Crippen molar-refractivity contribution in [3.05, 3.63) is 34.4 Å². The fraction of sp³-hybridized carbons (Fsp3) is 0.533. The Morgan fingerprint density at radius 1 is 1.22 bits per heavy atom. The van der Waals surface area contributed by atoms with Gasteiger partial charge in [-0.3, -0.25) is 4.99 Å². The Hall–Kier alpha value is -0.960. The van der Waals surface area contributed by atoms with Crippen molar-refractivity contribution in [1.29, 1.82) is 0 Å². The molecule has 0 fully saturated rings. The summed E-state index contributed by atoms with van der Waals surface area (Å²) < 4.78 is 0. The largest absolute Gasteiger partial charge is 0.379 e. The van der Waals surface area contributed by atoms with Crippen LogP contribution in [0.25, 0.3) is 0 Å². The molecule has 100 valence electrons. The van der Waals surface area contributed by atoms with Crippen molar-refractivity contribution in [3.63, 3.8) is 0 Å². The Bertz CT molecular complexity index is 433. The Morgan fingerprint density at radius 3 is 2.11 bits per heavy atom. The molecule has 2 N–H and O–H groups in total. The van der Waals surface area contributed by atoms with Crippen LogP contribution in [-0.2, 0) is 11.2 Å². The number of aryl methyl sites for hydroxylation is 2. The molecule has 0 aliphatic carbocycles. The molecule has 2 nitrogen and oxygen atoms in total. The molecule has 0 amide bonds. The van der Waals surface area contributed by atoms with Gasteiger partial charge in [-0.2, -0.15) is 0 Å². The van der Waals surface area contributed by atoms with Crippen molar-refractivity contribution in [1.82, 2.24) is 0 Å². The van der Waals surface area contributed by atoms with Gasteiger partial charge in [-0.15, -0.1) is 0 Å². The van der Waals surface area contributed by atoms with Gasteiger partial charge < -0.3 is 5.73 Å². The number of amidine groups is 1. The van der Waals surface area contributed by atoms with E-state index in [-0.39, 0.29) is 5.41 Å². The van der Waals surface area contributed by atoms with Crippen LogP contribution in [0.4, 0.5) is 0 Å². The summed E-state index contributed by atoms with van der Waals surface area (Å²) in [6.07, 6.45) is 0. The Labute approximate surface area is 115 Å². The second kappa shape index (κ2) is 5.79. The van der Waals surface area contributed by atoms with Gasteiger partial charge in [-0.05, 0) is 41.5 Å². The highest BCUT2D eigenvalue weighted by molar-refractivity contribution is 8.13. The number of hydrogen-bond donors (Lipinski definition) is 1. The molecular formula is C15H24N2S. The van der Waals surface area contributed by atoms with E-state index in [1.165, 1.54) is 22.3 Å². The number of thioether (sulfide) groups is 1. The molecular weight excluding hydrogens is 240 g/mol. The summed E-state index contributed by atoms with van der Waals surface area (Å²) in [5, 5.41) is 0.647. The monoisotopic (exact) mass is 264 g/mol. The van der Waals surface area contributed by atoms with Crippen LogP contribution in [0.3, 0.4) is 0 Å². The summed E-state index contributed by atoms with van der Waals surface area (Å²) in [5.74, 6) is 0.894. The number of benzene rings is 1. The minimum Gasteiger partial charge on any atom is -0.379 e. The molecule has 0 unspecified atom stereocenters. The van der Waals surface area contributed by atoms with E-state index in [1.807, 2.05) is 0 Å². The van der Waals surface area contributed by atoms with E-state index in [0.717, 1.165) is 5.75 Å². The third-order valence-corrected chi connectivity index (χ3v) is 4.06. The third-order valence-electron chi connectivity index (χ3n) is 3.15. The molecule has 0 atom stereocenters. The lowest BCUT2D eigenvalue weighted by Gasteiger charge is -2.22. The van der Waals surface area contributed by atoms with Gasteiger partial charge in [0.2, 0.25) is 0 Å². The number of nitrogens with two attached hydrogens (primary N) is 1. The molecule has 3 heteroatoms. The quantitative estimate of drug-likeness (QED) is 0.652. The van der Waals surface area contributed by atoms with Gasteiger partial charge in [0, 0.05) is 12.8 Å². The smallest absolute Gasteiger partial charge is 0.153 e. The summed E-state index contributed by atoms with van der Waals surface area (Å²) in [4.78, 5) is 3.98. The lowest BCUT2D eigenvalue weighted by Crippen LogP contribution is -2.13. The number of rotatable bonds is 2. The zero-order valence-corrected chi connectivity index (χ0v) is 13.1. The van der Waals surface area contributed by atoms with Crippen molar-refractivity contribution >= 4 is 16.9 Å². The maximum atomic E-state index is 5.73. The first kappa shape index (κ1) is 15.1. The predicted molar refractivity (Wildman–Crippen MR) is 83.5 cm³/mol. The van der Waals surface area contributed by atoms with Gasteiger partial charge in [-0.25, -0.2) is 0 Å². The minimum atomic E-state index is 0.200. The zero-order chi connectivity index (χ0) is 13.9. The van der Waals surface area contributed by atoms with E-state index < -0.39 is 0 Å². The van der Waals surface area contributed by atoms with Gasteiger partial charge >= 0.3 is 0 Å². The Kier molecular flexibility index (Phi) is 4.85. The second-order valence-electron chi connectivity index (χ2n) is 5.69. The minimum absolute atomic E-state index is 0.200. The van der Waals surface area contributed by atoms with Gasteiger partial charge in [0.15, 0.2) is 5.17 Å². The molecule has 1 aromatic rings. The highest BCUT2D eigenvalue weighted by Crippen LogP contribution is 2.28. The Balaban J connectivity index is 3.02. The van der Waals surface area contributed by atoms with E-state index >= 15 is 0 Å². The zero-order valence-electron chi connectivity index (χ0n) is 12.3. The summed E-state index contributed by atoms with van der Waals surface area (Å²) >= 11 is 1.60. The van der Waals surface area contributed by atoms with Crippen molar-refractivity contribution in [2.75, 3.05) is 7.05 Å². The highest BCUT2D eigenvalue weighted by Gasteiger charge is 2.16. The first-order chi connectivity index (χ1) is 8.25. The number of hydrogen-bond acceptors (Lipinski definition) is 2. The molecule has 0 aliphatic heterocycles. The first-order valence-electron chi connectivity index (χ1n) is 6.21. The summed E-state index contributed by atoms with van der Waals surface area (Å²) in [7, 11) is 1.73. The first-order valence-corrected chi connectivity index (χ1v) is 7.20. The SMILES string of the molecule is CN=C(N)SCc1c(C)cc(C(C)(C)C)cc1C. The highest BCUT2D eigenvalue weighted by atomic mass is 32.2. The Morgan fingerprint density at radius 2 is 1.72 bits per heavy atom. The van der Waals surface area contributed by atoms with Crippen LogP contribution in [0.2, 0.25) is 0 Å². The van der Waals surface area contributed by atoms with Gasteiger partial charge in [-0.1, -0.05) is 44.7 Å². The van der Waals surface area contributed by atoms with Gasteiger partial charge in [0.05, 0.1) is 0 Å². The molecule has 0 aromatic heterocycles. The fourth-order valence-corrected chi connectivity index (χ4v) is 2.74. The number of aliphatic imine (C=N–C) groups is 1. The molecule has 0 radical (unpaired) electrons. The number of nitrogens with zero attached hydrogens (tertiary/aromatic N) is 1. The topological polar surface area (TPSA) is 38.4 Å². The predicted octanol–water partition coefficient (Wildman–Crippen LogP) is 3.78. The van der Waals surface area contributed by atoms with Crippen LogP contribution < -0.4 is 5.73 Å². The fourth-order valence-electron chi connectivity index (χ4n) is 1.86. The van der Waals surface area contributed by atoms with Crippen LogP contribution in [0, 0.1) is 13.8 Å². The van der Waals surface area contributed by atoms with Crippen LogP contribution in [0.15, 0.2) is 17.1 Å². The van der Waals surface area contributed by atoms with Gasteiger partial charge in [0.1, 0.15) is 0 Å². The maximum Gasteiger partial charge on any atom is 0.153 e. The molecule has 0 spiro atoms. The summed E-state index contributed by atoms with van der Waals surface area (Å²) in [6.45, 7) is 11.1. The van der Waals surface area contributed by atoms with Crippen LogP contribution in [-0.4, -0.2) is 12.2 Å². The van der Waals surface area contributed by atoms with Crippen molar-refractivity contribution < 1.29 is 0 Å². The van der Waals surface area contributed by atoms with Crippen molar-refractivity contribution in [3.8, 4) is 0 Å².